The molecule has 1 atom stereocenters. The number of rotatable bonds is 3. The van der Waals surface area contributed by atoms with Crippen molar-refractivity contribution in [1.29, 1.82) is 0 Å². The normalized spacial score (nSPS) is 20.8. The smallest absolute Gasteiger partial charge is 0.279 e. The lowest BCUT2D eigenvalue weighted by Gasteiger charge is -2.34. The molecule has 1 saturated heterocycles. The number of hydrogen-bond donors (Lipinski definition) is 1. The van der Waals surface area contributed by atoms with E-state index < -0.39 is 5.72 Å². The van der Waals surface area contributed by atoms with Crippen LogP contribution in [0.15, 0.2) is 96.0 Å². The van der Waals surface area contributed by atoms with Crippen molar-refractivity contribution in [3.05, 3.63) is 102 Å². The molecule has 3 aromatic carbocycles. The maximum atomic E-state index is 12.6. The standard InChI is InChI=1S/C22H18N2O2S/c25-20(17-10-4-1-5-11-17)23-21-24(19-14-8-3-9-15-19)22(26,16-27-21)18-12-6-2-7-13-18/h1-15,26H,16H2. The van der Waals surface area contributed by atoms with Crippen LogP contribution in [-0.2, 0) is 5.72 Å². The van der Waals surface area contributed by atoms with Gasteiger partial charge in [0.05, 0.1) is 5.75 Å². The largest absolute Gasteiger partial charge is 0.366 e. The first-order chi connectivity index (χ1) is 13.2. The van der Waals surface area contributed by atoms with E-state index in [2.05, 4.69) is 4.99 Å². The number of carbonyl (C=O) groups is 1. The Morgan fingerprint density at radius 2 is 1.44 bits per heavy atom. The molecule has 1 N–H and O–H groups in total. The lowest BCUT2D eigenvalue weighted by Crippen LogP contribution is -2.45. The summed E-state index contributed by atoms with van der Waals surface area (Å²) in [5.41, 5.74) is 0.796. The van der Waals surface area contributed by atoms with Crippen molar-refractivity contribution >= 4 is 28.5 Å². The predicted octanol–water partition coefficient (Wildman–Crippen LogP) is 4.28. The second-order valence-electron chi connectivity index (χ2n) is 6.21. The second kappa shape index (κ2) is 7.39. The molecule has 134 valence electrons. The number of hydrogen-bond acceptors (Lipinski definition) is 3. The fraction of sp³-hybridized carbons (Fsp3) is 0.0909. The summed E-state index contributed by atoms with van der Waals surface area (Å²) in [6.45, 7) is 0. The first-order valence-corrected chi connectivity index (χ1v) is 9.61. The molecule has 0 saturated carbocycles. The monoisotopic (exact) mass is 374 g/mol. The van der Waals surface area contributed by atoms with Crippen molar-refractivity contribution in [1.82, 2.24) is 0 Å². The number of benzene rings is 3. The van der Waals surface area contributed by atoms with Crippen molar-refractivity contribution in [2.45, 2.75) is 5.72 Å². The minimum Gasteiger partial charge on any atom is -0.366 e. The number of anilines is 1. The molecule has 1 aliphatic rings. The molecule has 0 spiro atoms. The Kier molecular flexibility index (Phi) is 4.79. The number of amidine groups is 1. The van der Waals surface area contributed by atoms with Gasteiger partial charge in [-0.15, -0.1) is 0 Å². The van der Waals surface area contributed by atoms with Crippen LogP contribution < -0.4 is 4.90 Å². The number of carbonyl (C=O) groups excluding carboxylic acids is 1. The fourth-order valence-corrected chi connectivity index (χ4v) is 4.24. The van der Waals surface area contributed by atoms with Gasteiger partial charge in [0.15, 0.2) is 10.9 Å². The van der Waals surface area contributed by atoms with Crippen molar-refractivity contribution in [2.24, 2.45) is 4.99 Å². The van der Waals surface area contributed by atoms with Crippen LogP contribution in [0.5, 0.6) is 0 Å². The summed E-state index contributed by atoms with van der Waals surface area (Å²) in [5.74, 6) is 0.0589. The molecule has 1 fully saturated rings. The maximum absolute atomic E-state index is 12.6. The van der Waals surface area contributed by atoms with Crippen molar-refractivity contribution in [3.8, 4) is 0 Å². The molecule has 27 heavy (non-hydrogen) atoms. The van der Waals surface area contributed by atoms with Crippen LogP contribution in [0.1, 0.15) is 15.9 Å². The van der Waals surface area contributed by atoms with Gasteiger partial charge in [0, 0.05) is 16.8 Å². The average Bonchev–Trinajstić information content (AvgIpc) is 3.07. The minimum atomic E-state index is -1.27. The van der Waals surface area contributed by atoms with E-state index in [0.29, 0.717) is 16.5 Å². The summed E-state index contributed by atoms with van der Waals surface area (Å²) < 4.78 is 0. The predicted molar refractivity (Wildman–Crippen MR) is 110 cm³/mol. The molecule has 1 amide bonds. The summed E-state index contributed by atoms with van der Waals surface area (Å²) in [4.78, 5) is 18.7. The molecule has 3 aromatic rings. The van der Waals surface area contributed by atoms with Crippen LogP contribution in [0.4, 0.5) is 5.69 Å². The van der Waals surface area contributed by atoms with Gasteiger partial charge in [0.25, 0.3) is 5.91 Å². The SMILES string of the molecule is O=C(N=C1SCC(O)(c2ccccc2)N1c1ccccc1)c1ccccc1. The molecule has 0 aromatic heterocycles. The molecular weight excluding hydrogens is 356 g/mol. The van der Waals surface area contributed by atoms with Crippen LogP contribution >= 0.6 is 11.8 Å². The molecule has 1 aliphatic heterocycles. The van der Waals surface area contributed by atoms with Gasteiger partial charge in [-0.3, -0.25) is 9.69 Å². The lowest BCUT2D eigenvalue weighted by molar-refractivity contribution is 0.0767. The van der Waals surface area contributed by atoms with Gasteiger partial charge in [-0.2, -0.15) is 4.99 Å². The Bertz CT molecular complexity index is 961. The van der Waals surface area contributed by atoms with Gasteiger partial charge in [-0.25, -0.2) is 0 Å². The number of thioether (sulfide) groups is 1. The van der Waals surface area contributed by atoms with Crippen LogP contribution in [0.3, 0.4) is 0 Å². The van der Waals surface area contributed by atoms with E-state index in [1.165, 1.54) is 11.8 Å². The first-order valence-electron chi connectivity index (χ1n) is 8.62. The van der Waals surface area contributed by atoms with E-state index >= 15 is 0 Å². The Morgan fingerprint density at radius 3 is 2.07 bits per heavy atom. The minimum absolute atomic E-state index is 0.323. The zero-order valence-corrected chi connectivity index (χ0v) is 15.3. The van der Waals surface area contributed by atoms with Crippen LogP contribution in [0.25, 0.3) is 0 Å². The van der Waals surface area contributed by atoms with Crippen LogP contribution in [0.2, 0.25) is 0 Å². The Balaban J connectivity index is 1.78. The van der Waals surface area contributed by atoms with Gasteiger partial charge in [0.2, 0.25) is 0 Å². The molecule has 0 radical (unpaired) electrons. The van der Waals surface area contributed by atoms with Gasteiger partial charge in [-0.05, 0) is 24.3 Å². The van der Waals surface area contributed by atoms with Crippen LogP contribution in [0, 0.1) is 0 Å². The highest BCUT2D eigenvalue weighted by Gasteiger charge is 2.46. The quantitative estimate of drug-likeness (QED) is 0.743. The summed E-state index contributed by atoms with van der Waals surface area (Å²) >= 11 is 1.38. The molecular formula is C22H18N2O2S. The highest BCUT2D eigenvalue weighted by Crippen LogP contribution is 2.42. The van der Waals surface area contributed by atoms with Crippen molar-refractivity contribution in [3.63, 3.8) is 0 Å². The Hall–Kier alpha value is -2.89. The maximum Gasteiger partial charge on any atom is 0.279 e. The van der Waals surface area contributed by atoms with Gasteiger partial charge in [-0.1, -0.05) is 78.5 Å². The lowest BCUT2D eigenvalue weighted by atomic mass is 10.0. The van der Waals surface area contributed by atoms with Gasteiger partial charge < -0.3 is 5.11 Å². The molecule has 0 bridgehead atoms. The average molecular weight is 374 g/mol. The molecule has 1 heterocycles. The Morgan fingerprint density at radius 1 is 0.889 bits per heavy atom. The Labute approximate surface area is 162 Å². The molecule has 5 heteroatoms. The van der Waals surface area contributed by atoms with E-state index in [1.54, 1.807) is 17.0 Å². The van der Waals surface area contributed by atoms with Gasteiger partial charge in [0.1, 0.15) is 0 Å². The molecule has 4 nitrogen and oxygen atoms in total. The van der Waals surface area contributed by atoms with E-state index in [4.69, 9.17) is 0 Å². The highest BCUT2D eigenvalue weighted by molar-refractivity contribution is 8.14. The number of nitrogens with zero attached hydrogens (tertiary/aromatic N) is 2. The number of aliphatic imine (C=N–C) groups is 1. The topological polar surface area (TPSA) is 52.9 Å². The summed E-state index contributed by atoms with van der Waals surface area (Å²) in [6, 6.07) is 28.0. The third kappa shape index (κ3) is 3.39. The zero-order valence-electron chi connectivity index (χ0n) is 14.5. The first kappa shape index (κ1) is 17.5. The highest BCUT2D eigenvalue weighted by atomic mass is 32.2. The third-order valence-corrected chi connectivity index (χ3v) is 5.51. The second-order valence-corrected chi connectivity index (χ2v) is 7.15. The van der Waals surface area contributed by atoms with E-state index in [1.807, 2.05) is 78.9 Å². The summed E-state index contributed by atoms with van der Waals surface area (Å²) in [6.07, 6.45) is 0. The third-order valence-electron chi connectivity index (χ3n) is 4.43. The summed E-state index contributed by atoms with van der Waals surface area (Å²) in [5, 5.41) is 12.0. The summed E-state index contributed by atoms with van der Waals surface area (Å²) in [7, 11) is 0. The molecule has 4 rings (SSSR count). The van der Waals surface area contributed by atoms with E-state index in [9.17, 15) is 9.90 Å². The number of para-hydroxylation sites is 1. The van der Waals surface area contributed by atoms with Crippen molar-refractivity contribution in [2.75, 3.05) is 10.7 Å². The molecule has 0 aliphatic carbocycles. The van der Waals surface area contributed by atoms with Crippen molar-refractivity contribution < 1.29 is 9.90 Å². The number of aliphatic hydroxyl groups is 1. The molecule has 1 unspecified atom stereocenters. The zero-order chi connectivity index (χ0) is 18.7. The van der Waals surface area contributed by atoms with E-state index in [-0.39, 0.29) is 5.91 Å². The van der Waals surface area contributed by atoms with Gasteiger partial charge >= 0.3 is 0 Å². The van der Waals surface area contributed by atoms with Crippen LogP contribution in [-0.4, -0.2) is 21.9 Å². The van der Waals surface area contributed by atoms with E-state index in [0.717, 1.165) is 11.3 Å². The fourth-order valence-electron chi connectivity index (χ4n) is 3.09. The number of amides is 1.